The lowest BCUT2D eigenvalue weighted by molar-refractivity contribution is -0.117. The Kier molecular flexibility index (Phi) is 5.63. The van der Waals surface area contributed by atoms with Crippen molar-refractivity contribution in [1.82, 2.24) is 15.5 Å². The van der Waals surface area contributed by atoms with Crippen molar-refractivity contribution in [2.45, 2.75) is 12.5 Å². The smallest absolute Gasteiger partial charge is 0.315 e. The van der Waals surface area contributed by atoms with E-state index in [9.17, 15) is 9.59 Å². The molecule has 1 aliphatic heterocycles. The van der Waals surface area contributed by atoms with E-state index >= 15 is 0 Å². The molecule has 120 valence electrons. The first kappa shape index (κ1) is 16.6. The summed E-state index contributed by atoms with van der Waals surface area (Å²) in [4.78, 5) is 27.5. The molecule has 7 heteroatoms. The molecular formula is C15H21ClN4O2. The van der Waals surface area contributed by atoms with Crippen LogP contribution < -0.4 is 15.5 Å². The molecule has 0 radical (unpaired) electrons. The molecular weight excluding hydrogens is 304 g/mol. The van der Waals surface area contributed by atoms with E-state index in [0.29, 0.717) is 24.5 Å². The van der Waals surface area contributed by atoms with Gasteiger partial charge in [0.25, 0.3) is 0 Å². The van der Waals surface area contributed by atoms with E-state index in [-0.39, 0.29) is 18.0 Å². The Labute approximate surface area is 135 Å². The van der Waals surface area contributed by atoms with Crippen LogP contribution in [-0.4, -0.2) is 56.6 Å². The number of carbonyl (C=O) groups is 2. The quantitative estimate of drug-likeness (QED) is 0.858. The first-order valence-electron chi connectivity index (χ1n) is 7.20. The fourth-order valence-electron chi connectivity index (χ4n) is 2.30. The zero-order valence-corrected chi connectivity index (χ0v) is 13.6. The number of hydrogen-bond donors (Lipinski definition) is 2. The normalized spacial score (nSPS) is 17.9. The molecule has 1 fully saturated rings. The number of amides is 3. The van der Waals surface area contributed by atoms with Crippen molar-refractivity contribution in [1.29, 1.82) is 0 Å². The van der Waals surface area contributed by atoms with Crippen LogP contribution >= 0.6 is 11.6 Å². The summed E-state index contributed by atoms with van der Waals surface area (Å²) in [6, 6.07) is 6.69. The minimum Gasteiger partial charge on any atom is -0.337 e. The van der Waals surface area contributed by atoms with Gasteiger partial charge in [0.15, 0.2) is 0 Å². The van der Waals surface area contributed by atoms with Crippen LogP contribution in [0.4, 0.5) is 10.5 Å². The summed E-state index contributed by atoms with van der Waals surface area (Å²) in [6.07, 6.45) is 0.309. The molecule has 1 aliphatic rings. The van der Waals surface area contributed by atoms with Crippen molar-refractivity contribution in [3.05, 3.63) is 29.3 Å². The molecule has 6 nitrogen and oxygen atoms in total. The summed E-state index contributed by atoms with van der Waals surface area (Å²) in [5.74, 6) is 0.000846. The van der Waals surface area contributed by atoms with Crippen LogP contribution in [-0.2, 0) is 4.79 Å². The highest BCUT2D eigenvalue weighted by Crippen LogP contribution is 2.23. The number of likely N-dealkylation sites (N-methyl/N-ethyl adjacent to an activating group) is 1. The van der Waals surface area contributed by atoms with Crippen LogP contribution in [0.3, 0.4) is 0 Å². The zero-order chi connectivity index (χ0) is 16.1. The van der Waals surface area contributed by atoms with E-state index in [1.807, 2.05) is 19.0 Å². The Bertz CT molecular complexity index is 533. The Balaban J connectivity index is 1.84. The van der Waals surface area contributed by atoms with E-state index < -0.39 is 0 Å². The van der Waals surface area contributed by atoms with E-state index in [4.69, 9.17) is 11.6 Å². The van der Waals surface area contributed by atoms with Gasteiger partial charge < -0.3 is 20.4 Å². The SMILES string of the molecule is CN(C)CCNC(=O)N[C@@H]1CC(=O)N(c2ccc(Cl)cc2)C1. The van der Waals surface area contributed by atoms with E-state index in [1.165, 1.54) is 0 Å². The Hall–Kier alpha value is -1.79. The number of rotatable bonds is 5. The van der Waals surface area contributed by atoms with Gasteiger partial charge >= 0.3 is 6.03 Å². The average Bonchev–Trinajstić information content (AvgIpc) is 2.80. The standard InChI is InChI=1S/C15H21ClN4O2/c1-19(2)8-7-17-15(22)18-12-9-14(21)20(10-12)13-5-3-11(16)4-6-13/h3-6,12H,7-10H2,1-2H3,(H2,17,18,22)/t12-/m1/s1. The van der Waals surface area contributed by atoms with Crippen molar-refractivity contribution in [3.63, 3.8) is 0 Å². The number of nitrogens with one attached hydrogen (secondary N) is 2. The van der Waals surface area contributed by atoms with Gasteiger partial charge in [0.1, 0.15) is 0 Å². The van der Waals surface area contributed by atoms with Crippen molar-refractivity contribution < 1.29 is 9.59 Å². The molecule has 2 N–H and O–H groups in total. The topological polar surface area (TPSA) is 64.7 Å². The monoisotopic (exact) mass is 324 g/mol. The second-order valence-electron chi connectivity index (χ2n) is 5.59. The van der Waals surface area contributed by atoms with Gasteiger partial charge in [0, 0.05) is 36.8 Å². The minimum atomic E-state index is -0.238. The van der Waals surface area contributed by atoms with Crippen molar-refractivity contribution in [2.24, 2.45) is 0 Å². The predicted molar refractivity (Wildman–Crippen MR) is 87.3 cm³/mol. The fraction of sp³-hybridized carbons (Fsp3) is 0.467. The maximum absolute atomic E-state index is 12.1. The fourth-order valence-corrected chi connectivity index (χ4v) is 2.43. The van der Waals surface area contributed by atoms with E-state index in [1.54, 1.807) is 29.2 Å². The minimum absolute atomic E-state index is 0.000846. The maximum Gasteiger partial charge on any atom is 0.315 e. The molecule has 2 rings (SSSR count). The van der Waals surface area contributed by atoms with Gasteiger partial charge in [-0.3, -0.25) is 4.79 Å². The first-order chi connectivity index (χ1) is 10.5. The van der Waals surface area contributed by atoms with Gasteiger partial charge in [-0.2, -0.15) is 0 Å². The second kappa shape index (κ2) is 7.47. The molecule has 0 spiro atoms. The van der Waals surface area contributed by atoms with Crippen molar-refractivity contribution in [3.8, 4) is 0 Å². The molecule has 0 aromatic heterocycles. The van der Waals surface area contributed by atoms with Gasteiger partial charge in [-0.15, -0.1) is 0 Å². The number of carbonyl (C=O) groups excluding carboxylic acids is 2. The van der Waals surface area contributed by atoms with Crippen molar-refractivity contribution >= 4 is 29.2 Å². The first-order valence-corrected chi connectivity index (χ1v) is 7.58. The third-order valence-electron chi connectivity index (χ3n) is 3.44. The average molecular weight is 325 g/mol. The summed E-state index contributed by atoms with van der Waals surface area (Å²) >= 11 is 5.85. The Morgan fingerprint density at radius 1 is 1.36 bits per heavy atom. The van der Waals surface area contributed by atoms with E-state index in [0.717, 1.165) is 12.2 Å². The predicted octanol–water partition coefficient (Wildman–Crippen LogP) is 1.31. The maximum atomic E-state index is 12.1. The second-order valence-corrected chi connectivity index (χ2v) is 6.02. The van der Waals surface area contributed by atoms with Gasteiger partial charge in [0.2, 0.25) is 5.91 Å². The molecule has 0 saturated carbocycles. The highest BCUT2D eigenvalue weighted by molar-refractivity contribution is 6.30. The van der Waals surface area contributed by atoms with Crippen LogP contribution in [0.1, 0.15) is 6.42 Å². The molecule has 0 unspecified atom stereocenters. The Morgan fingerprint density at radius 2 is 2.05 bits per heavy atom. The number of halogens is 1. The Morgan fingerprint density at radius 3 is 2.68 bits per heavy atom. The molecule has 1 heterocycles. The molecule has 1 saturated heterocycles. The lowest BCUT2D eigenvalue weighted by Gasteiger charge is -2.18. The number of nitrogens with zero attached hydrogens (tertiary/aromatic N) is 2. The highest BCUT2D eigenvalue weighted by Gasteiger charge is 2.31. The summed E-state index contributed by atoms with van der Waals surface area (Å²) in [5, 5.41) is 6.25. The van der Waals surface area contributed by atoms with Crippen LogP contribution in [0, 0.1) is 0 Å². The number of anilines is 1. The van der Waals surface area contributed by atoms with Crippen molar-refractivity contribution in [2.75, 3.05) is 38.6 Å². The molecule has 1 aromatic rings. The number of benzene rings is 1. The van der Waals surface area contributed by atoms with Crippen LogP contribution in [0.2, 0.25) is 5.02 Å². The molecule has 0 bridgehead atoms. The lowest BCUT2D eigenvalue weighted by atomic mass is 10.2. The van der Waals surface area contributed by atoms with Gasteiger partial charge in [-0.1, -0.05) is 11.6 Å². The highest BCUT2D eigenvalue weighted by atomic mass is 35.5. The molecule has 3 amide bonds. The largest absolute Gasteiger partial charge is 0.337 e. The van der Waals surface area contributed by atoms with Gasteiger partial charge in [-0.25, -0.2) is 4.79 Å². The summed E-state index contributed by atoms with van der Waals surface area (Å²) < 4.78 is 0. The summed E-state index contributed by atoms with van der Waals surface area (Å²) in [7, 11) is 3.89. The third-order valence-corrected chi connectivity index (χ3v) is 3.70. The lowest BCUT2D eigenvalue weighted by Crippen LogP contribution is -2.45. The van der Waals surface area contributed by atoms with Gasteiger partial charge in [0.05, 0.1) is 6.04 Å². The number of hydrogen-bond acceptors (Lipinski definition) is 3. The third kappa shape index (κ3) is 4.61. The molecule has 22 heavy (non-hydrogen) atoms. The van der Waals surface area contributed by atoms with Crippen LogP contribution in [0.5, 0.6) is 0 Å². The zero-order valence-electron chi connectivity index (χ0n) is 12.8. The van der Waals surface area contributed by atoms with Crippen LogP contribution in [0.25, 0.3) is 0 Å². The molecule has 1 atom stereocenters. The summed E-state index contributed by atoms with van der Waals surface area (Å²) in [6.45, 7) is 1.82. The molecule has 1 aromatic carbocycles. The van der Waals surface area contributed by atoms with Crippen LogP contribution in [0.15, 0.2) is 24.3 Å². The number of urea groups is 1. The molecule has 0 aliphatic carbocycles. The van der Waals surface area contributed by atoms with Gasteiger partial charge in [-0.05, 0) is 38.4 Å². The summed E-state index contributed by atoms with van der Waals surface area (Å²) in [5.41, 5.74) is 0.798. The van der Waals surface area contributed by atoms with E-state index in [2.05, 4.69) is 10.6 Å².